The molecule has 10 heteroatoms. The molecule has 9 nitrogen and oxygen atoms in total. The van der Waals surface area contributed by atoms with Gasteiger partial charge in [0.2, 0.25) is 0 Å². The second-order valence-corrected chi connectivity index (χ2v) is 20.6. The van der Waals surface area contributed by atoms with Gasteiger partial charge in [0.1, 0.15) is 6.61 Å². The molecule has 0 spiro atoms. The van der Waals surface area contributed by atoms with Crippen molar-refractivity contribution in [3.8, 4) is 0 Å². The summed E-state index contributed by atoms with van der Waals surface area (Å²) in [4.78, 5) is 35.2. The van der Waals surface area contributed by atoms with Crippen LogP contribution < -0.4 is 5.73 Å². The fourth-order valence-electron chi connectivity index (χ4n) is 7.99. The second kappa shape index (κ2) is 56.5. The van der Waals surface area contributed by atoms with Crippen molar-refractivity contribution in [2.75, 3.05) is 26.4 Å². The minimum absolute atomic E-state index is 0.0505. The van der Waals surface area contributed by atoms with Gasteiger partial charge >= 0.3 is 19.8 Å². The number of esters is 2. The van der Waals surface area contributed by atoms with Crippen LogP contribution in [0.1, 0.15) is 258 Å². The van der Waals surface area contributed by atoms with Gasteiger partial charge in [0.25, 0.3) is 0 Å². The summed E-state index contributed by atoms with van der Waals surface area (Å²) in [5.41, 5.74) is 5.38. The molecule has 0 radical (unpaired) electrons. The van der Waals surface area contributed by atoms with Gasteiger partial charge in [-0.3, -0.25) is 18.6 Å². The maximum atomic E-state index is 12.7. The van der Waals surface area contributed by atoms with Crippen molar-refractivity contribution in [1.29, 1.82) is 0 Å². The molecule has 0 aliphatic rings. The Morgan fingerprint density at radius 2 is 0.775 bits per heavy atom. The first kappa shape index (κ1) is 68.2. The molecule has 3 N–H and O–H groups in total. The Bertz CT molecular complexity index is 1440. The van der Waals surface area contributed by atoms with Crippen LogP contribution in [0.4, 0.5) is 0 Å². The topological polar surface area (TPSA) is 134 Å². The van der Waals surface area contributed by atoms with Gasteiger partial charge in [-0.2, -0.15) is 0 Å². The van der Waals surface area contributed by atoms with E-state index in [9.17, 15) is 19.0 Å². The summed E-state index contributed by atoms with van der Waals surface area (Å²) in [6.07, 6.45) is 73.5. The summed E-state index contributed by atoms with van der Waals surface area (Å²) in [7, 11) is -4.39. The van der Waals surface area contributed by atoms with Crippen molar-refractivity contribution in [3.05, 3.63) is 85.1 Å². The molecule has 0 amide bonds. The highest BCUT2D eigenvalue weighted by molar-refractivity contribution is 7.47. The van der Waals surface area contributed by atoms with Crippen molar-refractivity contribution in [2.45, 2.75) is 264 Å². The number of carbonyl (C=O) groups excluding carboxylic acids is 2. The van der Waals surface area contributed by atoms with E-state index in [4.69, 9.17) is 24.3 Å². The van der Waals surface area contributed by atoms with Crippen LogP contribution in [0.3, 0.4) is 0 Å². The number of rotatable bonds is 54. The predicted octanol–water partition coefficient (Wildman–Crippen LogP) is 18.3. The summed E-state index contributed by atoms with van der Waals surface area (Å²) in [5, 5.41) is 0. The molecule has 0 rings (SSSR count). The van der Waals surface area contributed by atoms with E-state index in [-0.39, 0.29) is 38.6 Å². The smallest absolute Gasteiger partial charge is 0.462 e. The molecule has 2 atom stereocenters. The largest absolute Gasteiger partial charge is 0.472 e. The van der Waals surface area contributed by atoms with Crippen molar-refractivity contribution < 1.29 is 37.6 Å². The summed E-state index contributed by atoms with van der Waals surface area (Å²) >= 11 is 0. The molecule has 0 aromatic carbocycles. The number of ether oxygens (including phenoxy) is 2. The molecule has 0 bridgehead atoms. The van der Waals surface area contributed by atoms with E-state index in [1.807, 2.05) is 0 Å². The fourth-order valence-corrected chi connectivity index (χ4v) is 8.75. The van der Waals surface area contributed by atoms with Crippen LogP contribution in [0.2, 0.25) is 0 Å². The summed E-state index contributed by atoms with van der Waals surface area (Å²) < 4.78 is 33.0. The lowest BCUT2D eigenvalue weighted by atomic mass is 10.0. The molecule has 410 valence electrons. The van der Waals surface area contributed by atoms with Gasteiger partial charge < -0.3 is 20.1 Å². The fraction of sp³-hybridized carbons (Fsp3) is 0.738. The Labute approximate surface area is 436 Å². The first-order chi connectivity index (χ1) is 34.8. The molecule has 0 aliphatic heterocycles. The number of nitrogens with two attached hydrogens (primary N) is 1. The van der Waals surface area contributed by atoms with E-state index < -0.39 is 26.5 Å². The summed E-state index contributed by atoms with van der Waals surface area (Å²) in [6.45, 7) is 3.62. The second-order valence-electron chi connectivity index (χ2n) is 19.1. The number of unbranched alkanes of at least 4 members (excludes halogenated alkanes) is 27. The molecule has 71 heavy (non-hydrogen) atoms. The highest BCUT2D eigenvalue weighted by atomic mass is 31.2. The van der Waals surface area contributed by atoms with Gasteiger partial charge in [-0.15, -0.1) is 0 Å². The third kappa shape index (κ3) is 56.3. The molecule has 0 saturated carbocycles. The van der Waals surface area contributed by atoms with Gasteiger partial charge in [0.05, 0.1) is 13.2 Å². The zero-order valence-corrected chi connectivity index (χ0v) is 46.6. The third-order valence-electron chi connectivity index (χ3n) is 12.3. The number of allylic oxidation sites excluding steroid dienone is 14. The van der Waals surface area contributed by atoms with Gasteiger partial charge in [0.15, 0.2) is 6.10 Å². The number of hydrogen-bond acceptors (Lipinski definition) is 8. The number of phosphoric ester groups is 1. The van der Waals surface area contributed by atoms with Crippen LogP contribution >= 0.6 is 7.82 Å². The minimum Gasteiger partial charge on any atom is -0.462 e. The molecular weight excluding hydrogens is 906 g/mol. The van der Waals surface area contributed by atoms with Crippen LogP contribution in [-0.4, -0.2) is 49.3 Å². The average molecular weight is 1010 g/mol. The van der Waals surface area contributed by atoms with Crippen LogP contribution in [-0.2, 0) is 32.7 Å². The van der Waals surface area contributed by atoms with Crippen LogP contribution in [0.25, 0.3) is 0 Å². The Morgan fingerprint density at radius 1 is 0.437 bits per heavy atom. The lowest BCUT2D eigenvalue weighted by Crippen LogP contribution is -2.29. The minimum atomic E-state index is -4.39. The van der Waals surface area contributed by atoms with E-state index in [1.54, 1.807) is 0 Å². The van der Waals surface area contributed by atoms with E-state index in [0.29, 0.717) is 6.42 Å². The van der Waals surface area contributed by atoms with Gasteiger partial charge in [-0.1, -0.05) is 240 Å². The molecule has 0 heterocycles. The highest BCUT2D eigenvalue weighted by Gasteiger charge is 2.26. The van der Waals surface area contributed by atoms with E-state index in [0.717, 1.165) is 89.9 Å². The quantitative estimate of drug-likeness (QED) is 0.0264. The lowest BCUT2D eigenvalue weighted by Gasteiger charge is -2.19. The number of carbonyl (C=O) groups is 2. The van der Waals surface area contributed by atoms with Crippen LogP contribution in [0.5, 0.6) is 0 Å². The zero-order valence-electron chi connectivity index (χ0n) is 45.7. The van der Waals surface area contributed by atoms with E-state index in [2.05, 4.69) is 98.9 Å². The molecule has 0 aromatic heterocycles. The monoisotopic (exact) mass is 1010 g/mol. The first-order valence-corrected chi connectivity index (χ1v) is 30.6. The predicted molar refractivity (Wildman–Crippen MR) is 302 cm³/mol. The maximum absolute atomic E-state index is 12.7. The molecule has 0 saturated heterocycles. The SMILES string of the molecule is CC/C=C\C/C=C\C/C=C\C/C=C\C/C=C\CCCCCCCCCCCCCCCCCC(=O)OC(COC(=O)CCCCCCCCCCC/C=C\C/C=C\CCCCC)COP(=O)(O)OCCN. The van der Waals surface area contributed by atoms with Crippen molar-refractivity contribution in [3.63, 3.8) is 0 Å². The van der Waals surface area contributed by atoms with Crippen LogP contribution in [0, 0.1) is 0 Å². The van der Waals surface area contributed by atoms with E-state index in [1.165, 1.54) is 135 Å². The standard InChI is InChI=1S/C61H108NO8P/c1-3-5-7-9-11-13-15-17-19-21-23-24-25-26-27-28-29-30-31-32-33-34-36-38-40-42-44-46-48-50-52-54-61(64)70-59(58-69-71(65,66)68-56-55-62)57-67-60(63)53-51-49-47-45-43-41-39-37-35-22-20-18-16-14-12-10-8-6-4-2/h5,7,11-14,17-20,23-24,26-27,59H,3-4,6,8-10,15-16,21-22,25,28-58,62H2,1-2H3,(H,65,66)/b7-5-,13-11-,14-12-,19-17-,20-18-,24-23-,27-26-. The van der Waals surface area contributed by atoms with Gasteiger partial charge in [0, 0.05) is 19.4 Å². The maximum Gasteiger partial charge on any atom is 0.472 e. The van der Waals surface area contributed by atoms with E-state index >= 15 is 0 Å². The molecule has 0 aliphatic carbocycles. The first-order valence-electron chi connectivity index (χ1n) is 29.1. The number of phosphoric acid groups is 1. The zero-order chi connectivity index (χ0) is 51.7. The molecule has 0 fully saturated rings. The Balaban J connectivity index is 3.95. The summed E-state index contributed by atoms with van der Waals surface area (Å²) in [5.74, 6) is -0.829. The molecular formula is C61H108NO8P. The van der Waals surface area contributed by atoms with Crippen LogP contribution in [0.15, 0.2) is 85.1 Å². The normalized spacial score (nSPS) is 13.7. The van der Waals surface area contributed by atoms with Crippen molar-refractivity contribution in [1.82, 2.24) is 0 Å². The third-order valence-corrected chi connectivity index (χ3v) is 13.2. The summed E-state index contributed by atoms with van der Waals surface area (Å²) in [6, 6.07) is 0. The Morgan fingerprint density at radius 3 is 1.15 bits per heavy atom. The van der Waals surface area contributed by atoms with Crippen molar-refractivity contribution >= 4 is 19.8 Å². The molecule has 2 unspecified atom stereocenters. The Hall–Kier alpha value is -2.81. The van der Waals surface area contributed by atoms with Crippen molar-refractivity contribution in [2.24, 2.45) is 5.73 Å². The number of hydrogen-bond donors (Lipinski definition) is 2. The van der Waals surface area contributed by atoms with Gasteiger partial charge in [-0.25, -0.2) is 4.57 Å². The highest BCUT2D eigenvalue weighted by Crippen LogP contribution is 2.43. The Kier molecular flexibility index (Phi) is 54.2. The van der Waals surface area contributed by atoms with Gasteiger partial charge in [-0.05, 0) is 89.9 Å². The average Bonchev–Trinajstić information content (AvgIpc) is 3.36. The molecule has 0 aromatic rings. The lowest BCUT2D eigenvalue weighted by molar-refractivity contribution is -0.161.